The fourth-order valence-electron chi connectivity index (χ4n) is 2.08. The monoisotopic (exact) mass is 360 g/mol. The number of nitrogens with one attached hydrogen (secondary N) is 1. The number of ether oxygens (including phenoxy) is 1. The quantitative estimate of drug-likeness (QED) is 0.342. The van der Waals surface area contributed by atoms with Gasteiger partial charge in [0.05, 0.1) is 15.9 Å². The summed E-state index contributed by atoms with van der Waals surface area (Å²) in [5.41, 5.74) is 4.09. The van der Waals surface area contributed by atoms with Gasteiger partial charge in [0, 0.05) is 6.07 Å². The van der Waals surface area contributed by atoms with Crippen molar-refractivity contribution in [1.82, 2.24) is 5.32 Å². The van der Waals surface area contributed by atoms with E-state index in [2.05, 4.69) is 5.32 Å². The zero-order chi connectivity index (χ0) is 19.3. The van der Waals surface area contributed by atoms with E-state index in [1.165, 1.54) is 12.1 Å². The average molecular weight is 360 g/mol. The van der Waals surface area contributed by atoms with E-state index < -0.39 is 45.0 Å². The molecule has 0 spiro atoms. The first-order chi connectivity index (χ1) is 12.3. The van der Waals surface area contributed by atoms with Crippen LogP contribution in [0.3, 0.4) is 0 Å². The van der Waals surface area contributed by atoms with E-state index in [1.54, 1.807) is 18.2 Å². The standard InChI is InChI=1S/C15H12N4O7/c16-15(21)17-13(9-4-2-1-3-5-9)14(20)26-12-7-6-10(18(22)23)8-11(12)19(24)25/h1-8,13H,(H3,16,17,21)/t13-/m1/s1. The van der Waals surface area contributed by atoms with E-state index in [-0.39, 0.29) is 0 Å². The van der Waals surface area contributed by atoms with Crippen molar-refractivity contribution in [1.29, 1.82) is 0 Å². The lowest BCUT2D eigenvalue weighted by molar-refractivity contribution is -0.394. The molecule has 0 radical (unpaired) electrons. The zero-order valence-electron chi connectivity index (χ0n) is 13.0. The maximum atomic E-state index is 12.4. The van der Waals surface area contributed by atoms with Gasteiger partial charge in [-0.25, -0.2) is 9.59 Å². The number of carbonyl (C=O) groups is 2. The largest absolute Gasteiger partial charge is 0.417 e. The Hall–Kier alpha value is -4.02. The van der Waals surface area contributed by atoms with Crippen molar-refractivity contribution in [2.45, 2.75) is 6.04 Å². The third kappa shape index (κ3) is 4.29. The molecule has 11 nitrogen and oxygen atoms in total. The topological polar surface area (TPSA) is 168 Å². The van der Waals surface area contributed by atoms with Gasteiger partial charge in [0.1, 0.15) is 0 Å². The summed E-state index contributed by atoms with van der Waals surface area (Å²) in [4.78, 5) is 43.6. The van der Waals surface area contributed by atoms with E-state index in [0.29, 0.717) is 11.6 Å². The number of urea groups is 1. The number of benzene rings is 2. The normalized spacial score (nSPS) is 11.2. The number of hydrogen-bond acceptors (Lipinski definition) is 7. The Labute approximate surface area is 145 Å². The second-order valence-electron chi connectivity index (χ2n) is 4.94. The Morgan fingerprint density at radius 3 is 2.23 bits per heavy atom. The molecule has 0 heterocycles. The third-order valence-corrected chi connectivity index (χ3v) is 3.22. The number of primary amides is 1. The van der Waals surface area contributed by atoms with Gasteiger partial charge in [-0.15, -0.1) is 0 Å². The highest BCUT2D eigenvalue weighted by molar-refractivity contribution is 5.86. The maximum absolute atomic E-state index is 12.4. The lowest BCUT2D eigenvalue weighted by atomic mass is 10.1. The van der Waals surface area contributed by atoms with Crippen molar-refractivity contribution >= 4 is 23.4 Å². The molecule has 0 saturated carbocycles. The summed E-state index contributed by atoms with van der Waals surface area (Å²) in [6, 6.07) is 8.16. The molecule has 0 aliphatic carbocycles. The van der Waals surface area contributed by atoms with Gasteiger partial charge >= 0.3 is 17.7 Å². The molecule has 2 rings (SSSR count). The summed E-state index contributed by atoms with van der Waals surface area (Å²) in [7, 11) is 0. The molecule has 1 atom stereocenters. The number of nitrogens with two attached hydrogens (primary N) is 1. The van der Waals surface area contributed by atoms with Crippen molar-refractivity contribution < 1.29 is 24.2 Å². The van der Waals surface area contributed by atoms with Crippen LogP contribution in [-0.4, -0.2) is 21.8 Å². The fourth-order valence-corrected chi connectivity index (χ4v) is 2.08. The van der Waals surface area contributed by atoms with Crippen LogP contribution in [-0.2, 0) is 4.79 Å². The molecule has 0 fully saturated rings. The summed E-state index contributed by atoms with van der Waals surface area (Å²) in [5, 5.41) is 24.0. The van der Waals surface area contributed by atoms with E-state index in [9.17, 15) is 29.8 Å². The van der Waals surface area contributed by atoms with Crippen LogP contribution in [0.25, 0.3) is 0 Å². The molecule has 11 heteroatoms. The van der Waals surface area contributed by atoms with Crippen LogP contribution in [0, 0.1) is 20.2 Å². The maximum Gasteiger partial charge on any atom is 0.339 e. The second-order valence-corrected chi connectivity index (χ2v) is 4.94. The minimum atomic E-state index is -1.32. The van der Waals surface area contributed by atoms with Crippen LogP contribution in [0.1, 0.15) is 11.6 Å². The minimum Gasteiger partial charge on any atom is -0.417 e. The molecule has 3 N–H and O–H groups in total. The molecule has 0 aliphatic heterocycles. The van der Waals surface area contributed by atoms with Crippen LogP contribution in [0.4, 0.5) is 16.2 Å². The SMILES string of the molecule is NC(=O)N[C@@H](C(=O)Oc1ccc([N+](=O)[O-])cc1[N+](=O)[O-])c1ccccc1. The fraction of sp³-hybridized carbons (Fsp3) is 0.0667. The number of non-ortho nitro benzene ring substituents is 1. The molecular formula is C15H12N4O7. The first-order valence-electron chi connectivity index (χ1n) is 7.05. The number of amides is 2. The Morgan fingerprint density at radius 2 is 1.69 bits per heavy atom. The Bertz CT molecular complexity index is 870. The zero-order valence-corrected chi connectivity index (χ0v) is 13.0. The van der Waals surface area contributed by atoms with E-state index >= 15 is 0 Å². The summed E-state index contributed by atoms with van der Waals surface area (Å²) >= 11 is 0. The van der Waals surface area contributed by atoms with Crippen LogP contribution < -0.4 is 15.8 Å². The van der Waals surface area contributed by atoms with Crippen LogP contribution in [0.2, 0.25) is 0 Å². The molecule has 0 saturated heterocycles. The molecule has 134 valence electrons. The number of carbonyl (C=O) groups excluding carboxylic acids is 2. The molecule has 26 heavy (non-hydrogen) atoms. The van der Waals surface area contributed by atoms with E-state index in [4.69, 9.17) is 10.5 Å². The van der Waals surface area contributed by atoms with Crippen molar-refractivity contribution in [3.8, 4) is 5.75 Å². The lowest BCUT2D eigenvalue weighted by Crippen LogP contribution is -2.39. The Balaban J connectivity index is 2.35. The van der Waals surface area contributed by atoms with Crippen LogP contribution in [0.5, 0.6) is 5.75 Å². The molecule has 2 aromatic carbocycles. The van der Waals surface area contributed by atoms with Gasteiger partial charge in [-0.3, -0.25) is 20.2 Å². The van der Waals surface area contributed by atoms with Gasteiger partial charge in [0.2, 0.25) is 5.75 Å². The minimum absolute atomic E-state index is 0.334. The molecule has 0 bridgehead atoms. The first kappa shape index (κ1) is 18.3. The van der Waals surface area contributed by atoms with Gasteiger partial charge in [0.15, 0.2) is 6.04 Å². The molecule has 2 amide bonds. The average Bonchev–Trinajstić information content (AvgIpc) is 2.60. The van der Waals surface area contributed by atoms with Gasteiger partial charge in [-0.1, -0.05) is 30.3 Å². The van der Waals surface area contributed by atoms with Crippen molar-refractivity contribution in [3.63, 3.8) is 0 Å². The van der Waals surface area contributed by atoms with Gasteiger partial charge in [-0.05, 0) is 11.6 Å². The van der Waals surface area contributed by atoms with Gasteiger partial charge < -0.3 is 15.8 Å². The summed E-state index contributed by atoms with van der Waals surface area (Å²) in [6.07, 6.45) is 0. The predicted molar refractivity (Wildman–Crippen MR) is 87.3 cm³/mol. The Morgan fingerprint density at radius 1 is 1.04 bits per heavy atom. The lowest BCUT2D eigenvalue weighted by Gasteiger charge is -2.16. The number of esters is 1. The number of nitrogens with zero attached hydrogens (tertiary/aromatic N) is 2. The predicted octanol–water partition coefficient (Wildman–Crippen LogP) is 1.82. The van der Waals surface area contributed by atoms with Gasteiger partial charge in [0.25, 0.3) is 5.69 Å². The number of nitro groups is 2. The highest BCUT2D eigenvalue weighted by Gasteiger charge is 2.28. The van der Waals surface area contributed by atoms with E-state index in [0.717, 1.165) is 12.1 Å². The van der Waals surface area contributed by atoms with Crippen LogP contribution in [0.15, 0.2) is 48.5 Å². The molecule has 0 aliphatic rings. The molecule has 0 aromatic heterocycles. The van der Waals surface area contributed by atoms with Gasteiger partial charge in [-0.2, -0.15) is 0 Å². The number of rotatable bonds is 6. The second kappa shape index (κ2) is 7.70. The smallest absolute Gasteiger partial charge is 0.339 e. The van der Waals surface area contributed by atoms with E-state index in [1.807, 2.05) is 0 Å². The molecular weight excluding hydrogens is 348 g/mol. The molecule has 0 unspecified atom stereocenters. The number of hydrogen-bond donors (Lipinski definition) is 2. The summed E-state index contributed by atoms with van der Waals surface area (Å²) in [6.45, 7) is 0. The highest BCUT2D eigenvalue weighted by atomic mass is 16.6. The number of nitro benzene ring substituents is 2. The Kier molecular flexibility index (Phi) is 5.43. The van der Waals surface area contributed by atoms with Crippen LogP contribution >= 0.6 is 0 Å². The van der Waals surface area contributed by atoms with Crippen molar-refractivity contribution in [3.05, 3.63) is 74.3 Å². The van der Waals surface area contributed by atoms with Crippen molar-refractivity contribution in [2.75, 3.05) is 0 Å². The molecule has 2 aromatic rings. The highest BCUT2D eigenvalue weighted by Crippen LogP contribution is 2.32. The third-order valence-electron chi connectivity index (χ3n) is 3.22. The summed E-state index contributed by atoms with van der Waals surface area (Å²) in [5.74, 6) is -1.55. The van der Waals surface area contributed by atoms with Crippen molar-refractivity contribution in [2.24, 2.45) is 5.73 Å². The first-order valence-corrected chi connectivity index (χ1v) is 7.05. The summed E-state index contributed by atoms with van der Waals surface area (Å²) < 4.78 is 4.99.